The average Bonchev–Trinajstić information content (AvgIpc) is 2.82. The van der Waals surface area contributed by atoms with Crippen LogP contribution in [0.4, 0.5) is 0 Å². The van der Waals surface area contributed by atoms with Gasteiger partial charge in [0.05, 0.1) is 6.54 Å². The van der Waals surface area contributed by atoms with Gasteiger partial charge in [-0.05, 0) is 30.7 Å². The lowest BCUT2D eigenvalue weighted by Crippen LogP contribution is -2.36. The van der Waals surface area contributed by atoms with Gasteiger partial charge in [0, 0.05) is 24.3 Å². The van der Waals surface area contributed by atoms with E-state index in [1.165, 1.54) is 0 Å². The molecular formula is C15H17ClN4O2. The molecule has 22 heavy (non-hydrogen) atoms. The summed E-state index contributed by atoms with van der Waals surface area (Å²) >= 11 is 5.87. The summed E-state index contributed by atoms with van der Waals surface area (Å²) in [7, 11) is 1.75. The molecule has 6 nitrogen and oxygen atoms in total. The van der Waals surface area contributed by atoms with E-state index < -0.39 is 0 Å². The summed E-state index contributed by atoms with van der Waals surface area (Å²) in [5, 5.41) is 9.91. The second-order valence-corrected chi connectivity index (χ2v) is 5.32. The number of nitrogens with one attached hydrogen (secondary N) is 2. The number of carbonyl (C=O) groups is 2. The van der Waals surface area contributed by atoms with Gasteiger partial charge in [0.15, 0.2) is 0 Å². The molecule has 0 spiro atoms. The maximum Gasteiger partial charge on any atom is 0.272 e. The van der Waals surface area contributed by atoms with Crippen LogP contribution in [0.25, 0.3) is 0 Å². The molecule has 7 heteroatoms. The van der Waals surface area contributed by atoms with Gasteiger partial charge in [0.1, 0.15) is 5.69 Å². The van der Waals surface area contributed by atoms with Crippen molar-refractivity contribution in [1.29, 1.82) is 0 Å². The molecule has 2 rings (SSSR count). The van der Waals surface area contributed by atoms with Crippen LogP contribution in [0.2, 0.25) is 5.02 Å². The van der Waals surface area contributed by atoms with Crippen molar-refractivity contribution in [2.45, 2.75) is 13.5 Å². The van der Waals surface area contributed by atoms with E-state index in [1.807, 2.05) is 19.1 Å². The largest absolute Gasteiger partial charge is 0.350 e. The van der Waals surface area contributed by atoms with Crippen LogP contribution in [0, 0.1) is 6.92 Å². The third kappa shape index (κ3) is 4.33. The van der Waals surface area contributed by atoms with Crippen molar-refractivity contribution in [3.05, 3.63) is 52.3 Å². The first-order chi connectivity index (χ1) is 10.5. The number of aryl methyl sites for hydroxylation is 2. The Bertz CT molecular complexity index is 677. The second kappa shape index (κ2) is 7.09. The van der Waals surface area contributed by atoms with E-state index in [0.29, 0.717) is 17.3 Å². The Morgan fingerprint density at radius 1 is 1.27 bits per heavy atom. The Morgan fingerprint density at radius 3 is 2.68 bits per heavy atom. The van der Waals surface area contributed by atoms with E-state index >= 15 is 0 Å². The van der Waals surface area contributed by atoms with E-state index in [2.05, 4.69) is 15.7 Å². The summed E-state index contributed by atoms with van der Waals surface area (Å²) in [6.07, 6.45) is 0. The molecule has 2 N–H and O–H groups in total. The first-order valence-electron chi connectivity index (χ1n) is 6.75. The summed E-state index contributed by atoms with van der Waals surface area (Å²) in [5.41, 5.74) is 2.06. The quantitative estimate of drug-likeness (QED) is 0.875. The topological polar surface area (TPSA) is 76.0 Å². The molecule has 2 aromatic rings. The fourth-order valence-corrected chi connectivity index (χ4v) is 2.05. The number of amides is 2. The molecular weight excluding hydrogens is 304 g/mol. The van der Waals surface area contributed by atoms with Crippen molar-refractivity contribution in [1.82, 2.24) is 20.4 Å². The van der Waals surface area contributed by atoms with Crippen LogP contribution in [-0.4, -0.2) is 28.1 Å². The van der Waals surface area contributed by atoms with Crippen LogP contribution in [0.3, 0.4) is 0 Å². The Hall–Kier alpha value is -2.34. The lowest BCUT2D eigenvalue weighted by molar-refractivity contribution is -0.120. The third-order valence-electron chi connectivity index (χ3n) is 3.13. The summed E-state index contributed by atoms with van der Waals surface area (Å²) in [6, 6.07) is 8.88. The molecule has 1 aromatic heterocycles. The van der Waals surface area contributed by atoms with Crippen molar-refractivity contribution < 1.29 is 9.59 Å². The fraction of sp³-hybridized carbons (Fsp3) is 0.267. The lowest BCUT2D eigenvalue weighted by atomic mass is 10.2. The van der Waals surface area contributed by atoms with Gasteiger partial charge in [-0.15, -0.1) is 0 Å². The van der Waals surface area contributed by atoms with E-state index in [0.717, 1.165) is 11.3 Å². The minimum Gasteiger partial charge on any atom is -0.350 e. The average molecular weight is 321 g/mol. The number of rotatable bonds is 5. The predicted octanol–water partition coefficient (Wildman–Crippen LogP) is 1.43. The first-order valence-corrected chi connectivity index (χ1v) is 7.13. The molecule has 0 aliphatic rings. The number of halogens is 1. The van der Waals surface area contributed by atoms with Gasteiger partial charge in [0.25, 0.3) is 5.91 Å². The normalized spacial score (nSPS) is 10.3. The number of benzene rings is 1. The molecule has 0 atom stereocenters. The number of hydrogen-bond acceptors (Lipinski definition) is 3. The standard InChI is InChI=1S/C15H17ClN4O2/c1-10-6-13(19-20(10)2)15(22)18-9-14(21)17-8-11-4-3-5-12(16)7-11/h3-7H,8-9H2,1-2H3,(H,17,21)(H,18,22). The Morgan fingerprint density at radius 2 is 2.05 bits per heavy atom. The zero-order valence-corrected chi connectivity index (χ0v) is 13.1. The SMILES string of the molecule is Cc1cc(C(=O)NCC(=O)NCc2cccc(Cl)c2)nn1C. The van der Waals surface area contributed by atoms with Crippen molar-refractivity contribution >= 4 is 23.4 Å². The summed E-state index contributed by atoms with van der Waals surface area (Å²) < 4.78 is 1.61. The molecule has 1 aromatic carbocycles. The Balaban J connectivity index is 1.79. The molecule has 0 aliphatic heterocycles. The molecule has 1 heterocycles. The summed E-state index contributed by atoms with van der Waals surface area (Å²) in [6.45, 7) is 2.11. The molecule has 2 amide bonds. The molecule has 0 aliphatic carbocycles. The van der Waals surface area contributed by atoms with Crippen molar-refractivity contribution in [2.24, 2.45) is 7.05 Å². The molecule has 0 fully saturated rings. The van der Waals surface area contributed by atoms with E-state index in [1.54, 1.807) is 29.9 Å². The predicted molar refractivity (Wildman–Crippen MR) is 83.6 cm³/mol. The highest BCUT2D eigenvalue weighted by atomic mass is 35.5. The van der Waals surface area contributed by atoms with Crippen LogP contribution in [0.15, 0.2) is 30.3 Å². The number of hydrogen-bond donors (Lipinski definition) is 2. The van der Waals surface area contributed by atoms with Crippen LogP contribution in [0.5, 0.6) is 0 Å². The highest BCUT2D eigenvalue weighted by molar-refractivity contribution is 6.30. The van der Waals surface area contributed by atoms with Crippen molar-refractivity contribution in [2.75, 3.05) is 6.54 Å². The smallest absolute Gasteiger partial charge is 0.272 e. The molecule has 0 saturated heterocycles. The molecule has 0 radical (unpaired) electrons. The molecule has 0 bridgehead atoms. The maximum atomic E-state index is 11.8. The van der Waals surface area contributed by atoms with Gasteiger partial charge in [-0.3, -0.25) is 14.3 Å². The summed E-state index contributed by atoms with van der Waals surface area (Å²) in [5.74, 6) is -0.650. The van der Waals surface area contributed by atoms with E-state index in [-0.39, 0.29) is 18.4 Å². The van der Waals surface area contributed by atoms with Gasteiger partial charge < -0.3 is 10.6 Å². The van der Waals surface area contributed by atoms with Crippen LogP contribution < -0.4 is 10.6 Å². The maximum absolute atomic E-state index is 11.8. The zero-order valence-electron chi connectivity index (χ0n) is 12.4. The third-order valence-corrected chi connectivity index (χ3v) is 3.37. The summed E-state index contributed by atoms with van der Waals surface area (Å²) in [4.78, 5) is 23.6. The van der Waals surface area contributed by atoms with Crippen LogP contribution in [-0.2, 0) is 18.4 Å². The van der Waals surface area contributed by atoms with Gasteiger partial charge in [-0.1, -0.05) is 23.7 Å². The fourth-order valence-electron chi connectivity index (χ4n) is 1.83. The van der Waals surface area contributed by atoms with E-state index in [9.17, 15) is 9.59 Å². The van der Waals surface area contributed by atoms with Crippen molar-refractivity contribution in [3.63, 3.8) is 0 Å². The minimum absolute atomic E-state index is 0.102. The van der Waals surface area contributed by atoms with Crippen LogP contribution >= 0.6 is 11.6 Å². The van der Waals surface area contributed by atoms with Crippen molar-refractivity contribution in [3.8, 4) is 0 Å². The van der Waals surface area contributed by atoms with Gasteiger partial charge in [-0.2, -0.15) is 5.10 Å². The van der Waals surface area contributed by atoms with E-state index in [4.69, 9.17) is 11.6 Å². The molecule has 116 valence electrons. The highest BCUT2D eigenvalue weighted by Gasteiger charge is 2.12. The number of carbonyl (C=O) groups excluding carboxylic acids is 2. The Labute approximate surface area is 133 Å². The second-order valence-electron chi connectivity index (χ2n) is 4.88. The van der Waals surface area contributed by atoms with Gasteiger partial charge in [0.2, 0.25) is 5.91 Å². The first kappa shape index (κ1) is 16.0. The zero-order chi connectivity index (χ0) is 16.1. The lowest BCUT2D eigenvalue weighted by Gasteiger charge is -2.06. The molecule has 0 saturated carbocycles. The van der Waals surface area contributed by atoms with Gasteiger partial charge in [-0.25, -0.2) is 0 Å². The number of aromatic nitrogens is 2. The Kier molecular flexibility index (Phi) is 5.16. The minimum atomic E-state index is -0.374. The van der Waals surface area contributed by atoms with Gasteiger partial charge >= 0.3 is 0 Å². The molecule has 0 unspecified atom stereocenters. The highest BCUT2D eigenvalue weighted by Crippen LogP contribution is 2.10. The monoisotopic (exact) mass is 320 g/mol. The number of nitrogens with zero attached hydrogens (tertiary/aromatic N) is 2. The van der Waals surface area contributed by atoms with Crippen LogP contribution in [0.1, 0.15) is 21.7 Å².